The molecule has 0 spiro atoms. The zero-order valence-electron chi connectivity index (χ0n) is 17.3. The first-order valence-corrected chi connectivity index (χ1v) is 12.5. The van der Waals surface area contributed by atoms with Gasteiger partial charge in [-0.15, -0.1) is 0 Å². The number of nitrogens with one attached hydrogen (secondary N) is 2. The van der Waals surface area contributed by atoms with Crippen molar-refractivity contribution in [3.05, 3.63) is 35.4 Å². The largest absolute Gasteiger partial charge is 0.481 e. The average Bonchev–Trinajstić information content (AvgIpc) is 2.64. The van der Waals surface area contributed by atoms with Crippen LogP contribution < -0.4 is 10.0 Å². The molecular weight excluding hydrogens is 388 g/mol. The first-order chi connectivity index (χ1) is 13.8. The Labute approximate surface area is 174 Å². The van der Waals surface area contributed by atoms with Crippen LogP contribution in [0.25, 0.3) is 0 Å². The van der Waals surface area contributed by atoms with Crippen molar-refractivity contribution in [1.29, 1.82) is 0 Å². The summed E-state index contributed by atoms with van der Waals surface area (Å²) in [6.45, 7) is 2.87. The van der Waals surface area contributed by atoms with Gasteiger partial charge in [0.25, 0.3) is 0 Å². The minimum absolute atomic E-state index is 0.0733. The number of carboxylic acids is 1. The molecule has 3 rings (SSSR count). The van der Waals surface area contributed by atoms with Crippen LogP contribution in [0, 0.1) is 11.8 Å². The molecule has 29 heavy (non-hydrogen) atoms. The van der Waals surface area contributed by atoms with Crippen molar-refractivity contribution in [3.63, 3.8) is 0 Å². The molecule has 2 saturated carbocycles. The van der Waals surface area contributed by atoms with Crippen LogP contribution in [0.5, 0.6) is 0 Å². The van der Waals surface area contributed by atoms with Crippen LogP contribution in [0.3, 0.4) is 0 Å². The van der Waals surface area contributed by atoms with Gasteiger partial charge in [0.1, 0.15) is 0 Å². The molecule has 0 bridgehead atoms. The van der Waals surface area contributed by atoms with Gasteiger partial charge in [-0.3, -0.25) is 4.79 Å². The summed E-state index contributed by atoms with van der Waals surface area (Å²) in [7, 11) is -3.50. The average molecular weight is 423 g/mol. The van der Waals surface area contributed by atoms with Gasteiger partial charge in [0.2, 0.25) is 10.0 Å². The lowest BCUT2D eigenvalue weighted by Crippen LogP contribution is -2.47. The van der Waals surface area contributed by atoms with Gasteiger partial charge in [0.15, 0.2) is 0 Å². The monoisotopic (exact) mass is 422 g/mol. The van der Waals surface area contributed by atoms with Crippen LogP contribution >= 0.6 is 0 Å². The Morgan fingerprint density at radius 1 is 1.14 bits per heavy atom. The second kappa shape index (κ2) is 10.0. The van der Waals surface area contributed by atoms with Crippen LogP contribution in [0.4, 0.5) is 0 Å². The molecule has 2 aliphatic rings. The summed E-state index contributed by atoms with van der Waals surface area (Å²) in [5, 5.41) is 12.5. The molecule has 0 heterocycles. The molecule has 0 aliphatic heterocycles. The van der Waals surface area contributed by atoms with Crippen molar-refractivity contribution in [2.75, 3.05) is 0 Å². The van der Waals surface area contributed by atoms with E-state index in [0.717, 1.165) is 17.0 Å². The molecule has 2 fully saturated rings. The first-order valence-electron chi connectivity index (χ1n) is 10.9. The van der Waals surface area contributed by atoms with E-state index in [1.165, 1.54) is 38.5 Å². The number of aliphatic carboxylic acids is 1. The topological polar surface area (TPSA) is 95.5 Å². The third-order valence-electron chi connectivity index (χ3n) is 6.35. The third-order valence-corrected chi connectivity index (χ3v) is 7.73. The highest BCUT2D eigenvalue weighted by molar-refractivity contribution is 7.88. The maximum absolute atomic E-state index is 12.6. The minimum atomic E-state index is -3.50. The van der Waals surface area contributed by atoms with Crippen LogP contribution in [0.1, 0.15) is 69.4 Å². The standard InChI is InChI=1S/C22H34N2O4S/c1-16(11-17-7-3-2-4-8-17)23-14-18-9-5-6-10-19(18)15-29(27,28)24-21-12-20(13-21)22(25)26/h5-6,9-10,16-17,20-21,23-24H,2-4,7-8,11-15H2,1H3,(H,25,26)/t16?,20-,21+. The normalized spacial score (nSPS) is 24.0. The molecule has 1 aromatic carbocycles. The summed E-state index contributed by atoms with van der Waals surface area (Å²) < 4.78 is 27.8. The van der Waals surface area contributed by atoms with Gasteiger partial charge in [-0.25, -0.2) is 13.1 Å². The maximum Gasteiger partial charge on any atom is 0.306 e. The highest BCUT2D eigenvalue weighted by Crippen LogP contribution is 2.29. The van der Waals surface area contributed by atoms with Gasteiger partial charge >= 0.3 is 5.97 Å². The summed E-state index contributed by atoms with van der Waals surface area (Å²) in [5.41, 5.74) is 1.80. The molecule has 162 valence electrons. The molecule has 7 heteroatoms. The number of hydrogen-bond donors (Lipinski definition) is 3. The number of carboxylic acid groups (broad SMARTS) is 1. The predicted octanol–water partition coefficient (Wildman–Crippen LogP) is 3.42. The minimum Gasteiger partial charge on any atom is -0.481 e. The molecule has 1 atom stereocenters. The second-order valence-electron chi connectivity index (χ2n) is 8.87. The van der Waals surface area contributed by atoms with Crippen LogP contribution in [0.15, 0.2) is 24.3 Å². The lowest BCUT2D eigenvalue weighted by molar-refractivity contribution is -0.145. The molecule has 2 aliphatic carbocycles. The van der Waals surface area contributed by atoms with E-state index < -0.39 is 21.9 Å². The fourth-order valence-corrected chi connectivity index (χ4v) is 6.05. The zero-order chi connectivity index (χ0) is 20.9. The molecule has 3 N–H and O–H groups in total. The maximum atomic E-state index is 12.6. The first kappa shape index (κ1) is 22.2. The second-order valence-corrected chi connectivity index (χ2v) is 10.6. The Bertz CT molecular complexity index is 784. The number of sulfonamides is 1. The summed E-state index contributed by atoms with van der Waals surface area (Å²) in [4.78, 5) is 10.9. The fourth-order valence-electron chi connectivity index (χ4n) is 4.58. The Hall–Kier alpha value is -1.44. The summed E-state index contributed by atoms with van der Waals surface area (Å²) >= 11 is 0. The lowest BCUT2D eigenvalue weighted by atomic mass is 9.81. The molecule has 0 radical (unpaired) electrons. The number of rotatable bonds is 10. The highest BCUT2D eigenvalue weighted by Gasteiger charge is 2.36. The van der Waals surface area contributed by atoms with E-state index in [1.54, 1.807) is 0 Å². The summed E-state index contributed by atoms with van der Waals surface area (Å²) in [5.74, 6) is -0.539. The summed E-state index contributed by atoms with van der Waals surface area (Å²) in [6, 6.07) is 7.79. The number of benzene rings is 1. The van der Waals surface area contributed by atoms with E-state index in [-0.39, 0.29) is 11.8 Å². The van der Waals surface area contributed by atoms with E-state index >= 15 is 0 Å². The molecule has 0 amide bonds. The molecule has 1 aromatic rings. The van der Waals surface area contributed by atoms with Crippen LogP contribution in [0.2, 0.25) is 0 Å². The van der Waals surface area contributed by atoms with Crippen molar-refractivity contribution < 1.29 is 18.3 Å². The van der Waals surface area contributed by atoms with Crippen molar-refractivity contribution in [1.82, 2.24) is 10.0 Å². The molecule has 0 saturated heterocycles. The van der Waals surface area contributed by atoms with Gasteiger partial charge in [-0.1, -0.05) is 56.4 Å². The van der Waals surface area contributed by atoms with Crippen LogP contribution in [-0.2, 0) is 27.1 Å². The SMILES string of the molecule is CC(CC1CCCCC1)NCc1ccccc1CS(=O)(=O)N[C@H]1C[C@@H](C(=O)O)C1. The summed E-state index contributed by atoms with van der Waals surface area (Å²) in [6.07, 6.45) is 8.64. The zero-order valence-corrected chi connectivity index (χ0v) is 18.1. The molecular formula is C22H34N2O4S. The van der Waals surface area contributed by atoms with Crippen molar-refractivity contribution in [2.24, 2.45) is 11.8 Å². The Kier molecular flexibility index (Phi) is 7.71. The third kappa shape index (κ3) is 6.79. The predicted molar refractivity (Wildman–Crippen MR) is 114 cm³/mol. The number of carbonyl (C=O) groups is 1. The molecule has 1 unspecified atom stereocenters. The van der Waals surface area contributed by atoms with Gasteiger partial charge in [-0.05, 0) is 43.2 Å². The van der Waals surface area contributed by atoms with E-state index in [4.69, 9.17) is 5.11 Å². The van der Waals surface area contributed by atoms with Crippen molar-refractivity contribution in [3.8, 4) is 0 Å². The van der Waals surface area contributed by atoms with Gasteiger partial charge < -0.3 is 10.4 Å². The Morgan fingerprint density at radius 2 is 1.79 bits per heavy atom. The van der Waals surface area contributed by atoms with Gasteiger partial charge in [0.05, 0.1) is 11.7 Å². The van der Waals surface area contributed by atoms with Crippen LogP contribution in [-0.4, -0.2) is 31.6 Å². The molecule has 0 aromatic heterocycles. The van der Waals surface area contributed by atoms with Crippen molar-refractivity contribution in [2.45, 2.75) is 82.7 Å². The Balaban J connectivity index is 1.51. The smallest absolute Gasteiger partial charge is 0.306 e. The van der Waals surface area contributed by atoms with E-state index in [1.807, 2.05) is 24.3 Å². The van der Waals surface area contributed by atoms with Crippen molar-refractivity contribution >= 4 is 16.0 Å². The lowest BCUT2D eigenvalue weighted by Gasteiger charge is -2.32. The van der Waals surface area contributed by atoms with Gasteiger partial charge in [0, 0.05) is 18.6 Å². The molecule has 6 nitrogen and oxygen atoms in total. The fraction of sp³-hybridized carbons (Fsp3) is 0.682. The van der Waals surface area contributed by atoms with E-state index in [9.17, 15) is 13.2 Å². The number of hydrogen-bond acceptors (Lipinski definition) is 4. The quantitative estimate of drug-likeness (QED) is 0.537. The van der Waals surface area contributed by atoms with Gasteiger partial charge in [-0.2, -0.15) is 0 Å². The van der Waals surface area contributed by atoms with E-state index in [2.05, 4.69) is 17.0 Å². The highest BCUT2D eigenvalue weighted by atomic mass is 32.2. The van der Waals surface area contributed by atoms with E-state index in [0.29, 0.717) is 25.4 Å². The Morgan fingerprint density at radius 3 is 2.45 bits per heavy atom.